The largest absolute Gasteiger partial charge is 0.422 e. The molecular weight excluding hydrogens is 208 g/mol. The Kier molecular flexibility index (Phi) is 3.46. The van der Waals surface area contributed by atoms with Gasteiger partial charge in [-0.15, -0.1) is 0 Å². The van der Waals surface area contributed by atoms with Crippen molar-refractivity contribution in [3.63, 3.8) is 0 Å². The fourth-order valence-electron chi connectivity index (χ4n) is 1.63. The topological polar surface area (TPSA) is 58.7 Å². The van der Waals surface area contributed by atoms with Crippen molar-refractivity contribution in [2.45, 2.75) is 20.0 Å². The zero-order valence-electron chi connectivity index (χ0n) is 9.72. The molecule has 0 radical (unpaired) electrons. The van der Waals surface area contributed by atoms with Crippen LogP contribution in [0.1, 0.15) is 25.8 Å². The third-order valence-corrected chi connectivity index (χ3v) is 2.72. The molecule has 2 rings (SSSR count). The Morgan fingerprint density at radius 3 is 2.69 bits per heavy atom. The maximum Gasteiger partial charge on any atom is 0.226 e. The van der Waals surface area contributed by atoms with Crippen molar-refractivity contribution in [2.75, 3.05) is 31.2 Å². The smallest absolute Gasteiger partial charge is 0.226 e. The normalized spacial score (nSPS) is 19.1. The Balaban J connectivity index is 2.06. The summed E-state index contributed by atoms with van der Waals surface area (Å²) in [4.78, 5) is 6.19. The summed E-state index contributed by atoms with van der Waals surface area (Å²) < 4.78 is 10.8. The van der Waals surface area contributed by atoms with Gasteiger partial charge in [0.25, 0.3) is 0 Å². The third-order valence-electron chi connectivity index (χ3n) is 2.72. The van der Waals surface area contributed by atoms with E-state index in [1.165, 1.54) is 0 Å². The molecule has 0 amide bonds. The summed E-state index contributed by atoms with van der Waals surface area (Å²) in [6.45, 7) is 6.91. The van der Waals surface area contributed by atoms with Crippen LogP contribution in [0.3, 0.4) is 0 Å². The summed E-state index contributed by atoms with van der Waals surface area (Å²) in [5, 5.41) is 9.81. The second-order valence-corrected chi connectivity index (χ2v) is 4.33. The lowest BCUT2D eigenvalue weighted by Crippen LogP contribution is -2.35. The first-order valence-corrected chi connectivity index (χ1v) is 5.65. The van der Waals surface area contributed by atoms with Crippen molar-refractivity contribution >= 4 is 5.88 Å². The number of rotatable bonds is 3. The van der Waals surface area contributed by atoms with Crippen LogP contribution in [0.5, 0.6) is 0 Å². The van der Waals surface area contributed by atoms with Crippen molar-refractivity contribution in [2.24, 2.45) is 5.92 Å². The molecule has 2 heterocycles. The van der Waals surface area contributed by atoms with Gasteiger partial charge in [0.15, 0.2) is 0 Å². The van der Waals surface area contributed by atoms with E-state index >= 15 is 0 Å². The summed E-state index contributed by atoms with van der Waals surface area (Å²) >= 11 is 0. The van der Waals surface area contributed by atoms with E-state index in [-0.39, 0.29) is 5.92 Å². The van der Waals surface area contributed by atoms with Crippen LogP contribution >= 0.6 is 0 Å². The van der Waals surface area contributed by atoms with Crippen LogP contribution in [-0.2, 0) is 4.74 Å². The van der Waals surface area contributed by atoms with E-state index in [2.05, 4.69) is 9.88 Å². The van der Waals surface area contributed by atoms with E-state index in [0.29, 0.717) is 19.1 Å². The van der Waals surface area contributed by atoms with E-state index in [1.807, 2.05) is 13.8 Å². The first-order chi connectivity index (χ1) is 7.68. The second-order valence-electron chi connectivity index (χ2n) is 4.33. The lowest BCUT2D eigenvalue weighted by atomic mass is 10.1. The molecule has 0 bridgehead atoms. The molecular formula is C11H18N2O3. The minimum Gasteiger partial charge on any atom is -0.422 e. The first kappa shape index (κ1) is 11.4. The summed E-state index contributed by atoms with van der Waals surface area (Å²) in [7, 11) is 0. The highest BCUT2D eigenvalue weighted by molar-refractivity contribution is 5.33. The minimum atomic E-state index is -0.630. The van der Waals surface area contributed by atoms with Crippen molar-refractivity contribution in [3.8, 4) is 0 Å². The molecule has 1 N–H and O–H groups in total. The molecule has 1 fully saturated rings. The lowest BCUT2D eigenvalue weighted by molar-refractivity contribution is 0.0954. The molecule has 0 aromatic carbocycles. The number of hydrogen-bond donors (Lipinski definition) is 1. The predicted molar refractivity (Wildman–Crippen MR) is 59.3 cm³/mol. The van der Waals surface area contributed by atoms with Crippen LogP contribution in [0.15, 0.2) is 10.6 Å². The predicted octanol–water partition coefficient (Wildman–Crippen LogP) is 1.20. The van der Waals surface area contributed by atoms with Gasteiger partial charge in [0.2, 0.25) is 11.8 Å². The van der Waals surface area contributed by atoms with Gasteiger partial charge in [-0.3, -0.25) is 0 Å². The van der Waals surface area contributed by atoms with Crippen LogP contribution in [0.4, 0.5) is 5.88 Å². The van der Waals surface area contributed by atoms with Gasteiger partial charge in [-0.25, -0.2) is 4.98 Å². The zero-order valence-corrected chi connectivity index (χ0v) is 9.72. The van der Waals surface area contributed by atoms with E-state index in [1.54, 1.807) is 6.20 Å². The molecule has 0 spiro atoms. The SMILES string of the molecule is CC(C)[C@H](O)c1ncc(N2CCOCC2)o1. The molecule has 5 heteroatoms. The molecule has 0 saturated carbocycles. The summed E-state index contributed by atoms with van der Waals surface area (Å²) in [5.74, 6) is 1.23. The monoisotopic (exact) mass is 226 g/mol. The number of morpholine rings is 1. The molecule has 1 saturated heterocycles. The molecule has 1 aliphatic rings. The Labute approximate surface area is 95.0 Å². The molecule has 1 aromatic rings. The van der Waals surface area contributed by atoms with Crippen LogP contribution < -0.4 is 4.90 Å². The van der Waals surface area contributed by atoms with E-state index < -0.39 is 6.10 Å². The van der Waals surface area contributed by atoms with Crippen molar-refractivity contribution in [1.82, 2.24) is 4.98 Å². The van der Waals surface area contributed by atoms with Crippen molar-refractivity contribution < 1.29 is 14.3 Å². The highest BCUT2D eigenvalue weighted by atomic mass is 16.5. The molecule has 16 heavy (non-hydrogen) atoms. The van der Waals surface area contributed by atoms with Gasteiger partial charge in [-0.05, 0) is 5.92 Å². The maximum absolute atomic E-state index is 9.81. The molecule has 5 nitrogen and oxygen atoms in total. The number of hydrogen-bond acceptors (Lipinski definition) is 5. The number of aliphatic hydroxyl groups is 1. The Hall–Kier alpha value is -1.07. The van der Waals surface area contributed by atoms with Gasteiger partial charge in [0, 0.05) is 13.1 Å². The summed E-state index contributed by atoms with van der Waals surface area (Å²) in [5.41, 5.74) is 0. The lowest BCUT2D eigenvalue weighted by Gasteiger charge is -2.25. The molecule has 1 atom stereocenters. The number of aliphatic hydroxyl groups excluding tert-OH is 1. The fraction of sp³-hybridized carbons (Fsp3) is 0.727. The molecule has 1 aromatic heterocycles. The number of anilines is 1. The van der Waals surface area contributed by atoms with Crippen molar-refractivity contribution in [1.29, 1.82) is 0 Å². The number of nitrogens with zero attached hydrogens (tertiary/aromatic N) is 2. The van der Waals surface area contributed by atoms with E-state index in [4.69, 9.17) is 9.15 Å². The number of aromatic nitrogens is 1. The molecule has 1 aliphatic heterocycles. The fourth-order valence-corrected chi connectivity index (χ4v) is 1.63. The summed E-state index contributed by atoms with van der Waals surface area (Å²) in [6, 6.07) is 0. The average molecular weight is 226 g/mol. The van der Waals surface area contributed by atoms with E-state index in [0.717, 1.165) is 19.0 Å². The molecule has 90 valence electrons. The maximum atomic E-state index is 9.81. The minimum absolute atomic E-state index is 0.108. The highest BCUT2D eigenvalue weighted by Gasteiger charge is 2.21. The van der Waals surface area contributed by atoms with Gasteiger partial charge in [0.05, 0.1) is 19.4 Å². The van der Waals surface area contributed by atoms with Gasteiger partial charge in [-0.1, -0.05) is 13.8 Å². The zero-order chi connectivity index (χ0) is 11.5. The quantitative estimate of drug-likeness (QED) is 0.839. The third kappa shape index (κ3) is 2.36. The van der Waals surface area contributed by atoms with Crippen LogP contribution in [0.25, 0.3) is 0 Å². The molecule has 0 aliphatic carbocycles. The molecule has 0 unspecified atom stereocenters. The van der Waals surface area contributed by atoms with Gasteiger partial charge < -0.3 is 19.2 Å². The van der Waals surface area contributed by atoms with Gasteiger partial charge in [0.1, 0.15) is 6.10 Å². The highest BCUT2D eigenvalue weighted by Crippen LogP contribution is 2.25. The summed E-state index contributed by atoms with van der Waals surface area (Å²) in [6.07, 6.45) is 1.04. The van der Waals surface area contributed by atoms with Crippen LogP contribution in [-0.4, -0.2) is 36.4 Å². The average Bonchev–Trinajstić information content (AvgIpc) is 2.78. The second kappa shape index (κ2) is 4.84. The first-order valence-electron chi connectivity index (χ1n) is 5.65. The number of oxazole rings is 1. The van der Waals surface area contributed by atoms with Crippen LogP contribution in [0.2, 0.25) is 0 Å². The standard InChI is InChI=1S/C11H18N2O3/c1-8(2)10(14)11-12-7-9(16-11)13-3-5-15-6-4-13/h7-8,10,14H,3-6H2,1-2H3/t10-/m0/s1. The Bertz CT molecular complexity index is 332. The van der Waals surface area contributed by atoms with Crippen molar-refractivity contribution in [3.05, 3.63) is 12.1 Å². The van der Waals surface area contributed by atoms with E-state index in [9.17, 15) is 5.11 Å². The Morgan fingerprint density at radius 2 is 2.06 bits per heavy atom. The van der Waals surface area contributed by atoms with Crippen LogP contribution in [0, 0.1) is 5.92 Å². The Morgan fingerprint density at radius 1 is 1.38 bits per heavy atom. The van der Waals surface area contributed by atoms with Gasteiger partial charge >= 0.3 is 0 Å². The van der Waals surface area contributed by atoms with Gasteiger partial charge in [-0.2, -0.15) is 0 Å². The number of ether oxygens (including phenoxy) is 1.